The van der Waals surface area contributed by atoms with Crippen molar-refractivity contribution in [3.05, 3.63) is 29.8 Å². The Morgan fingerprint density at radius 2 is 1.75 bits per heavy atom. The van der Waals surface area contributed by atoms with Crippen molar-refractivity contribution in [1.29, 1.82) is 0 Å². The van der Waals surface area contributed by atoms with E-state index >= 15 is 0 Å². The summed E-state index contributed by atoms with van der Waals surface area (Å²) in [4.78, 5) is 14.9. The van der Waals surface area contributed by atoms with Crippen molar-refractivity contribution in [1.82, 2.24) is 10.2 Å². The minimum absolute atomic E-state index is 0.0171. The number of piperidine rings is 1. The van der Waals surface area contributed by atoms with Crippen LogP contribution in [0.4, 0.5) is 0 Å². The van der Waals surface area contributed by atoms with Gasteiger partial charge in [-0.2, -0.15) is 0 Å². The lowest BCUT2D eigenvalue weighted by molar-refractivity contribution is -0.128. The van der Waals surface area contributed by atoms with E-state index in [4.69, 9.17) is 4.74 Å². The van der Waals surface area contributed by atoms with Crippen molar-refractivity contribution in [2.45, 2.75) is 71.6 Å². The zero-order valence-electron chi connectivity index (χ0n) is 15.7. The van der Waals surface area contributed by atoms with E-state index in [0.29, 0.717) is 12.0 Å². The van der Waals surface area contributed by atoms with Crippen LogP contribution < -0.4 is 10.1 Å². The number of carbonyl (C=O) groups is 1. The number of ether oxygens (including phenoxy) is 1. The molecule has 0 aliphatic carbocycles. The third-order valence-corrected chi connectivity index (χ3v) is 4.82. The SMILES string of the molecule is CC(Oc1ccccc1C(C)C)C(=O)NC1CCN(C(C)C)CC1. The Kier molecular flexibility index (Phi) is 6.67. The first kappa shape index (κ1) is 18.8. The van der Waals surface area contributed by atoms with Crippen LogP contribution in [-0.4, -0.2) is 42.1 Å². The monoisotopic (exact) mass is 332 g/mol. The maximum atomic E-state index is 12.5. The van der Waals surface area contributed by atoms with Crippen LogP contribution >= 0.6 is 0 Å². The van der Waals surface area contributed by atoms with E-state index in [9.17, 15) is 4.79 Å². The molecular formula is C20H32N2O2. The Morgan fingerprint density at radius 3 is 2.33 bits per heavy atom. The molecule has 1 aromatic rings. The highest BCUT2D eigenvalue weighted by Crippen LogP contribution is 2.26. The van der Waals surface area contributed by atoms with Crippen LogP contribution in [0.25, 0.3) is 0 Å². The van der Waals surface area contributed by atoms with Gasteiger partial charge in [-0.3, -0.25) is 4.79 Å². The molecule has 134 valence electrons. The van der Waals surface area contributed by atoms with Gasteiger partial charge in [-0.05, 0) is 51.2 Å². The highest BCUT2D eigenvalue weighted by atomic mass is 16.5. The van der Waals surface area contributed by atoms with Gasteiger partial charge in [0.05, 0.1) is 0 Å². The predicted octanol–water partition coefficient (Wildman–Crippen LogP) is 3.57. The molecule has 1 fully saturated rings. The molecule has 24 heavy (non-hydrogen) atoms. The molecule has 4 heteroatoms. The van der Waals surface area contributed by atoms with Gasteiger partial charge in [0.25, 0.3) is 5.91 Å². The Bertz CT molecular complexity index is 534. The fraction of sp³-hybridized carbons (Fsp3) is 0.650. The van der Waals surface area contributed by atoms with Gasteiger partial charge in [0, 0.05) is 25.2 Å². The number of likely N-dealkylation sites (tertiary alicyclic amines) is 1. The first-order valence-electron chi connectivity index (χ1n) is 9.18. The van der Waals surface area contributed by atoms with E-state index in [0.717, 1.165) is 37.2 Å². The second-order valence-electron chi connectivity index (χ2n) is 7.37. The summed E-state index contributed by atoms with van der Waals surface area (Å²) >= 11 is 0. The maximum absolute atomic E-state index is 12.5. The minimum atomic E-state index is -0.479. The number of hydrogen-bond donors (Lipinski definition) is 1. The molecule has 4 nitrogen and oxygen atoms in total. The van der Waals surface area contributed by atoms with Gasteiger partial charge in [-0.1, -0.05) is 32.0 Å². The molecule has 1 unspecified atom stereocenters. The average molecular weight is 332 g/mol. The second-order valence-corrected chi connectivity index (χ2v) is 7.37. The van der Waals surface area contributed by atoms with Crippen LogP contribution in [0, 0.1) is 0 Å². The summed E-state index contributed by atoms with van der Waals surface area (Å²) in [5.41, 5.74) is 1.14. The second kappa shape index (κ2) is 8.52. The summed E-state index contributed by atoms with van der Waals surface area (Å²) in [5, 5.41) is 3.16. The summed E-state index contributed by atoms with van der Waals surface area (Å²) in [7, 11) is 0. The molecule has 1 saturated heterocycles. The van der Waals surface area contributed by atoms with Crippen LogP contribution in [0.3, 0.4) is 0 Å². The highest BCUT2D eigenvalue weighted by molar-refractivity contribution is 5.81. The summed E-state index contributed by atoms with van der Waals surface area (Å²) in [6.45, 7) is 12.6. The average Bonchev–Trinajstić information content (AvgIpc) is 2.55. The fourth-order valence-electron chi connectivity index (χ4n) is 3.19. The topological polar surface area (TPSA) is 41.6 Å². The van der Waals surface area contributed by atoms with Crippen LogP contribution in [0.1, 0.15) is 58.9 Å². The van der Waals surface area contributed by atoms with Gasteiger partial charge >= 0.3 is 0 Å². The normalized spacial score (nSPS) is 18.0. The van der Waals surface area contributed by atoms with E-state index in [1.807, 2.05) is 25.1 Å². The van der Waals surface area contributed by atoms with Crippen molar-refractivity contribution in [3.63, 3.8) is 0 Å². The van der Waals surface area contributed by atoms with Gasteiger partial charge in [0.1, 0.15) is 5.75 Å². The summed E-state index contributed by atoms with van der Waals surface area (Å²) in [6, 6.07) is 8.81. The van der Waals surface area contributed by atoms with E-state index < -0.39 is 6.10 Å². The molecule has 0 aromatic heterocycles. The molecule has 1 aliphatic rings. The molecule has 0 saturated carbocycles. The molecule has 2 rings (SSSR count). The van der Waals surface area contributed by atoms with Gasteiger partial charge in [-0.25, -0.2) is 0 Å². The molecule has 1 amide bonds. The zero-order valence-corrected chi connectivity index (χ0v) is 15.7. The van der Waals surface area contributed by atoms with Crippen molar-refractivity contribution in [2.75, 3.05) is 13.1 Å². The summed E-state index contributed by atoms with van der Waals surface area (Å²) < 4.78 is 5.95. The molecule has 1 heterocycles. The summed E-state index contributed by atoms with van der Waals surface area (Å²) in [5.74, 6) is 1.16. The molecular weight excluding hydrogens is 300 g/mol. The highest BCUT2D eigenvalue weighted by Gasteiger charge is 2.24. The van der Waals surface area contributed by atoms with Crippen LogP contribution in [0.15, 0.2) is 24.3 Å². The Labute approximate surface area is 146 Å². The number of amides is 1. The van der Waals surface area contributed by atoms with Crippen molar-refractivity contribution >= 4 is 5.91 Å². The molecule has 0 bridgehead atoms. The smallest absolute Gasteiger partial charge is 0.260 e. The molecule has 0 spiro atoms. The largest absolute Gasteiger partial charge is 0.481 e. The number of nitrogens with zero attached hydrogens (tertiary/aromatic N) is 1. The lowest BCUT2D eigenvalue weighted by Gasteiger charge is -2.35. The number of carbonyl (C=O) groups excluding carboxylic acids is 1. The fourth-order valence-corrected chi connectivity index (χ4v) is 3.19. The standard InChI is InChI=1S/C20H32N2O2/c1-14(2)18-8-6-7-9-19(18)24-16(5)20(23)21-17-10-12-22(13-11-17)15(3)4/h6-9,14-17H,10-13H2,1-5H3,(H,21,23). The number of benzene rings is 1. The van der Waals surface area contributed by atoms with Gasteiger partial charge < -0.3 is 15.0 Å². The van der Waals surface area contributed by atoms with Crippen molar-refractivity contribution < 1.29 is 9.53 Å². The minimum Gasteiger partial charge on any atom is -0.481 e. The lowest BCUT2D eigenvalue weighted by atomic mass is 10.0. The molecule has 1 N–H and O–H groups in total. The third kappa shape index (κ3) is 4.97. The van der Waals surface area contributed by atoms with E-state index in [-0.39, 0.29) is 11.9 Å². The van der Waals surface area contributed by atoms with Crippen molar-refractivity contribution in [2.24, 2.45) is 0 Å². The predicted molar refractivity (Wildman–Crippen MR) is 98.5 cm³/mol. The zero-order chi connectivity index (χ0) is 17.7. The van der Waals surface area contributed by atoms with Crippen molar-refractivity contribution in [3.8, 4) is 5.75 Å². The first-order chi connectivity index (χ1) is 11.4. The van der Waals surface area contributed by atoms with Gasteiger partial charge in [0.2, 0.25) is 0 Å². The van der Waals surface area contributed by atoms with Crippen LogP contribution in [0.2, 0.25) is 0 Å². The van der Waals surface area contributed by atoms with Crippen LogP contribution in [-0.2, 0) is 4.79 Å². The molecule has 1 aliphatic heterocycles. The molecule has 1 aromatic carbocycles. The number of nitrogens with one attached hydrogen (secondary N) is 1. The lowest BCUT2D eigenvalue weighted by Crippen LogP contribution is -2.49. The van der Waals surface area contributed by atoms with E-state index in [1.165, 1.54) is 0 Å². The van der Waals surface area contributed by atoms with E-state index in [1.54, 1.807) is 0 Å². The molecule has 1 atom stereocenters. The number of hydrogen-bond acceptors (Lipinski definition) is 3. The van der Waals surface area contributed by atoms with Gasteiger partial charge in [0.15, 0.2) is 6.10 Å². The maximum Gasteiger partial charge on any atom is 0.260 e. The van der Waals surface area contributed by atoms with Crippen LogP contribution in [0.5, 0.6) is 5.75 Å². The molecule has 0 radical (unpaired) electrons. The third-order valence-electron chi connectivity index (χ3n) is 4.82. The summed E-state index contributed by atoms with van der Waals surface area (Å²) in [6.07, 6.45) is 1.55. The van der Waals surface area contributed by atoms with Gasteiger partial charge in [-0.15, -0.1) is 0 Å². The Morgan fingerprint density at radius 1 is 1.12 bits per heavy atom. The quantitative estimate of drug-likeness (QED) is 0.866. The number of para-hydroxylation sites is 1. The van der Waals surface area contributed by atoms with E-state index in [2.05, 4.69) is 44.0 Å². The first-order valence-corrected chi connectivity index (χ1v) is 9.18. The Balaban J connectivity index is 1.87. The Hall–Kier alpha value is -1.55. The number of rotatable bonds is 6.